The van der Waals surface area contributed by atoms with E-state index in [1.165, 1.54) is 17.5 Å². The second-order valence-corrected chi connectivity index (χ2v) is 3.38. The van der Waals surface area contributed by atoms with E-state index in [2.05, 4.69) is 4.40 Å². The smallest absolute Gasteiger partial charge is 0.165 e. The summed E-state index contributed by atoms with van der Waals surface area (Å²) < 4.78 is 4.05. The van der Waals surface area contributed by atoms with Crippen LogP contribution in [-0.4, -0.2) is 12.0 Å². The molecule has 0 aliphatic carbocycles. The number of fused-ring (bicyclic) bond motifs is 1. The topological polar surface area (TPSA) is 29.4 Å². The van der Waals surface area contributed by atoms with Crippen LogP contribution in [0.2, 0.25) is 0 Å². The minimum atomic E-state index is 0.624. The third kappa shape index (κ3) is 1.28. The molecule has 0 bridgehead atoms. The lowest BCUT2D eigenvalue weighted by Crippen LogP contribution is -2.07. The van der Waals surface area contributed by atoms with Crippen LogP contribution in [0.1, 0.15) is 5.56 Å². The Bertz CT molecular complexity index is 346. The van der Waals surface area contributed by atoms with Crippen molar-refractivity contribution in [3.63, 3.8) is 0 Å². The third-order valence-corrected chi connectivity index (χ3v) is 2.66. The van der Waals surface area contributed by atoms with E-state index >= 15 is 0 Å². The Balaban J connectivity index is 2.36. The van der Waals surface area contributed by atoms with Gasteiger partial charge in [-0.1, -0.05) is 18.2 Å². The molecule has 0 saturated heterocycles. The zero-order valence-electron chi connectivity index (χ0n) is 6.36. The molecule has 0 aromatic heterocycles. The molecule has 0 spiro atoms. The van der Waals surface area contributed by atoms with Crippen molar-refractivity contribution in [1.82, 2.24) is 0 Å². The summed E-state index contributed by atoms with van der Waals surface area (Å²) in [5.74, 6) is 0. The van der Waals surface area contributed by atoms with Crippen LogP contribution in [0.5, 0.6) is 0 Å². The van der Waals surface area contributed by atoms with Gasteiger partial charge < -0.3 is 0 Å². The van der Waals surface area contributed by atoms with Crippen LogP contribution in [0.25, 0.3) is 0 Å². The lowest BCUT2D eigenvalue weighted by molar-refractivity contribution is -0.102. The van der Waals surface area contributed by atoms with Gasteiger partial charge in [0.2, 0.25) is 0 Å². The predicted octanol–water partition coefficient (Wildman–Crippen LogP) is 1.89. The van der Waals surface area contributed by atoms with Gasteiger partial charge in [0.15, 0.2) is 6.29 Å². The second kappa shape index (κ2) is 3.11. The van der Waals surface area contributed by atoms with Gasteiger partial charge in [-0.05, 0) is 11.6 Å². The summed E-state index contributed by atoms with van der Waals surface area (Å²) in [6.07, 6.45) is 1.50. The lowest BCUT2D eigenvalue weighted by Gasteiger charge is -2.10. The van der Waals surface area contributed by atoms with Crippen molar-refractivity contribution in [2.24, 2.45) is 4.40 Å². The molecule has 1 aromatic carbocycles. The maximum atomic E-state index is 10.4. The van der Waals surface area contributed by atoms with Crippen LogP contribution in [0.4, 0.5) is 0 Å². The fraction of sp³-hybridized carbons (Fsp3) is 0.111. The molecule has 2 nitrogen and oxygen atoms in total. The largest absolute Gasteiger partial charge is 0.296 e. The Kier molecular flexibility index (Phi) is 1.96. The van der Waals surface area contributed by atoms with Crippen molar-refractivity contribution in [2.75, 3.05) is 0 Å². The van der Waals surface area contributed by atoms with Crippen LogP contribution in [0.15, 0.2) is 33.6 Å². The van der Waals surface area contributed by atoms with Crippen LogP contribution in [0.3, 0.4) is 0 Å². The predicted molar refractivity (Wildman–Crippen MR) is 49.5 cm³/mol. The van der Waals surface area contributed by atoms with Gasteiger partial charge in [-0.15, -0.1) is 0 Å². The average molecular weight is 177 g/mol. The number of carbonyl (C=O) groups is 1. The molecule has 1 aliphatic heterocycles. The fourth-order valence-electron chi connectivity index (χ4n) is 1.14. The van der Waals surface area contributed by atoms with E-state index < -0.39 is 0 Å². The summed E-state index contributed by atoms with van der Waals surface area (Å²) >= 11 is 1.38. The van der Waals surface area contributed by atoms with Crippen molar-refractivity contribution >= 4 is 23.9 Å². The van der Waals surface area contributed by atoms with E-state index in [0.717, 1.165) is 11.2 Å². The molecular formula is C9H7NOS. The first-order valence-corrected chi connectivity index (χ1v) is 4.44. The summed E-state index contributed by atoms with van der Waals surface area (Å²) in [6.45, 7) is 0. The molecule has 1 heterocycles. The lowest BCUT2D eigenvalue weighted by atomic mass is 10.1. The summed E-state index contributed by atoms with van der Waals surface area (Å²) in [6, 6.07) is 8.01. The Morgan fingerprint density at radius 3 is 3.08 bits per heavy atom. The van der Waals surface area contributed by atoms with Gasteiger partial charge >= 0.3 is 0 Å². The number of hydrogen-bond donors (Lipinski definition) is 0. The van der Waals surface area contributed by atoms with Crippen molar-refractivity contribution in [3.05, 3.63) is 29.8 Å². The number of carbonyl (C=O) groups excluding carboxylic acids is 1. The molecule has 1 aromatic rings. The van der Waals surface area contributed by atoms with E-state index in [0.29, 0.717) is 12.1 Å². The maximum absolute atomic E-state index is 10.4. The third-order valence-electron chi connectivity index (χ3n) is 1.74. The molecule has 0 unspecified atom stereocenters. The van der Waals surface area contributed by atoms with Crippen LogP contribution in [-0.2, 0) is 11.2 Å². The summed E-state index contributed by atoms with van der Waals surface area (Å²) in [5.41, 5.74) is 1.82. The molecule has 60 valence electrons. The molecule has 2 rings (SSSR count). The number of rotatable bonds is 1. The van der Waals surface area contributed by atoms with Crippen LogP contribution >= 0.6 is 11.9 Å². The Hall–Kier alpha value is -1.09. The van der Waals surface area contributed by atoms with Gasteiger partial charge in [-0.2, -0.15) is 0 Å². The highest BCUT2D eigenvalue weighted by atomic mass is 32.2. The standard InChI is InChI=1S/C9H7NOS/c11-6-8-5-7-3-1-2-4-9(7)12-10-8/h1-4,6H,5H2. The van der Waals surface area contributed by atoms with E-state index in [4.69, 9.17) is 0 Å². The normalized spacial score (nSPS) is 14.8. The van der Waals surface area contributed by atoms with Gasteiger partial charge in [0.1, 0.15) is 0 Å². The van der Waals surface area contributed by atoms with Crippen molar-refractivity contribution < 1.29 is 4.79 Å². The van der Waals surface area contributed by atoms with Gasteiger partial charge in [0, 0.05) is 23.3 Å². The molecule has 0 N–H and O–H groups in total. The average Bonchev–Trinajstić information content (AvgIpc) is 2.17. The van der Waals surface area contributed by atoms with Crippen molar-refractivity contribution in [2.45, 2.75) is 11.3 Å². The minimum absolute atomic E-state index is 0.624. The van der Waals surface area contributed by atoms with Crippen LogP contribution < -0.4 is 0 Å². The number of benzene rings is 1. The Labute approximate surface area is 74.8 Å². The van der Waals surface area contributed by atoms with E-state index in [-0.39, 0.29) is 0 Å². The van der Waals surface area contributed by atoms with E-state index in [9.17, 15) is 4.79 Å². The van der Waals surface area contributed by atoms with Crippen molar-refractivity contribution in [1.29, 1.82) is 0 Å². The molecule has 0 saturated carbocycles. The Morgan fingerprint density at radius 1 is 1.42 bits per heavy atom. The van der Waals surface area contributed by atoms with Gasteiger partial charge in [-0.25, -0.2) is 4.40 Å². The zero-order valence-corrected chi connectivity index (χ0v) is 7.17. The highest BCUT2D eigenvalue weighted by Gasteiger charge is 2.10. The highest BCUT2D eigenvalue weighted by molar-refractivity contribution is 7.98. The fourth-order valence-corrected chi connectivity index (χ4v) is 1.86. The quantitative estimate of drug-likeness (QED) is 0.484. The highest BCUT2D eigenvalue weighted by Crippen LogP contribution is 2.28. The zero-order chi connectivity index (χ0) is 8.39. The molecule has 12 heavy (non-hydrogen) atoms. The SMILES string of the molecule is O=CC1=NSc2ccccc2C1. The summed E-state index contributed by atoms with van der Waals surface area (Å²) in [4.78, 5) is 11.6. The molecule has 0 fully saturated rings. The molecule has 0 atom stereocenters. The number of nitrogens with zero attached hydrogens (tertiary/aromatic N) is 1. The molecule has 0 radical (unpaired) electrons. The monoisotopic (exact) mass is 177 g/mol. The number of aldehydes is 1. The minimum Gasteiger partial charge on any atom is -0.296 e. The van der Waals surface area contributed by atoms with Crippen LogP contribution in [0, 0.1) is 0 Å². The summed E-state index contributed by atoms with van der Waals surface area (Å²) in [5, 5.41) is 0. The van der Waals surface area contributed by atoms with Gasteiger partial charge in [0.25, 0.3) is 0 Å². The first-order valence-electron chi connectivity index (χ1n) is 3.67. The van der Waals surface area contributed by atoms with Crippen molar-refractivity contribution in [3.8, 4) is 0 Å². The van der Waals surface area contributed by atoms with E-state index in [1.54, 1.807) is 0 Å². The molecular weight excluding hydrogens is 170 g/mol. The number of hydrogen-bond acceptors (Lipinski definition) is 3. The first-order chi connectivity index (χ1) is 5.90. The molecule has 3 heteroatoms. The first kappa shape index (κ1) is 7.55. The molecule has 0 amide bonds. The van der Waals surface area contributed by atoms with E-state index in [1.807, 2.05) is 24.3 Å². The molecule has 1 aliphatic rings. The van der Waals surface area contributed by atoms with Gasteiger partial charge in [-0.3, -0.25) is 4.79 Å². The Morgan fingerprint density at radius 2 is 2.25 bits per heavy atom. The van der Waals surface area contributed by atoms with Gasteiger partial charge in [0.05, 0.1) is 5.71 Å². The second-order valence-electron chi connectivity index (χ2n) is 2.58. The maximum Gasteiger partial charge on any atom is 0.165 e. The summed E-state index contributed by atoms with van der Waals surface area (Å²) in [7, 11) is 0.